The summed E-state index contributed by atoms with van der Waals surface area (Å²) in [6, 6.07) is 4.79. The van der Waals surface area contributed by atoms with E-state index in [2.05, 4.69) is 15.6 Å². The molecule has 4 rings (SSSR count). The number of aromatic nitrogens is 1. The van der Waals surface area contributed by atoms with Gasteiger partial charge in [0.25, 0.3) is 5.91 Å². The molecular formula is C20H22Cl2N4O3S. The molecular weight excluding hydrogens is 447 g/mol. The fraction of sp³-hybridized carbons (Fsp3) is 0.450. The topological polar surface area (TPSA) is 83.6 Å². The molecule has 1 aromatic heterocycles. The van der Waals surface area contributed by atoms with Crippen molar-refractivity contribution in [2.24, 2.45) is 0 Å². The molecule has 160 valence electrons. The first-order valence-electron chi connectivity index (χ1n) is 9.90. The van der Waals surface area contributed by atoms with Crippen LogP contribution in [0, 0.1) is 0 Å². The predicted octanol–water partition coefficient (Wildman–Crippen LogP) is 4.09. The van der Waals surface area contributed by atoms with E-state index in [1.807, 2.05) is 0 Å². The molecule has 7 nitrogen and oxygen atoms in total. The SMILES string of the molecule is O=C(NCC1CCCO1)C1CCCN1C(=O)c1csc(Nc2cccc(Cl)c2Cl)n1. The summed E-state index contributed by atoms with van der Waals surface area (Å²) in [5, 5.41) is 9.07. The molecule has 3 heterocycles. The van der Waals surface area contributed by atoms with Crippen LogP contribution in [-0.2, 0) is 9.53 Å². The van der Waals surface area contributed by atoms with E-state index in [4.69, 9.17) is 27.9 Å². The number of halogens is 2. The van der Waals surface area contributed by atoms with Crippen molar-refractivity contribution in [1.82, 2.24) is 15.2 Å². The fourth-order valence-electron chi connectivity index (χ4n) is 3.71. The molecule has 10 heteroatoms. The zero-order chi connectivity index (χ0) is 21.1. The number of carbonyl (C=O) groups is 2. The second-order valence-electron chi connectivity index (χ2n) is 7.30. The first kappa shape index (κ1) is 21.4. The molecule has 1 aromatic carbocycles. The Hall–Kier alpha value is -1.87. The number of carbonyl (C=O) groups excluding carboxylic acids is 2. The Balaban J connectivity index is 1.39. The van der Waals surface area contributed by atoms with Crippen LogP contribution in [0.15, 0.2) is 23.6 Å². The maximum atomic E-state index is 13.0. The van der Waals surface area contributed by atoms with Gasteiger partial charge in [0.2, 0.25) is 5.91 Å². The predicted molar refractivity (Wildman–Crippen MR) is 118 cm³/mol. The largest absolute Gasteiger partial charge is 0.376 e. The normalized spacial score (nSPS) is 21.1. The van der Waals surface area contributed by atoms with Gasteiger partial charge in [0.05, 0.1) is 21.8 Å². The number of benzene rings is 1. The van der Waals surface area contributed by atoms with Crippen LogP contribution < -0.4 is 10.6 Å². The van der Waals surface area contributed by atoms with Crippen LogP contribution in [0.3, 0.4) is 0 Å². The number of hydrogen-bond donors (Lipinski definition) is 2. The minimum atomic E-state index is -0.473. The number of rotatable bonds is 6. The number of nitrogens with one attached hydrogen (secondary N) is 2. The van der Waals surface area contributed by atoms with Gasteiger partial charge in [0.1, 0.15) is 11.7 Å². The maximum Gasteiger partial charge on any atom is 0.274 e. The van der Waals surface area contributed by atoms with Crippen LogP contribution in [0.5, 0.6) is 0 Å². The Kier molecular flexibility index (Phi) is 6.77. The zero-order valence-corrected chi connectivity index (χ0v) is 18.5. The highest BCUT2D eigenvalue weighted by molar-refractivity contribution is 7.14. The summed E-state index contributed by atoms with van der Waals surface area (Å²) in [4.78, 5) is 31.6. The van der Waals surface area contributed by atoms with Crippen molar-refractivity contribution in [2.75, 3.05) is 25.0 Å². The van der Waals surface area contributed by atoms with E-state index in [0.717, 1.165) is 25.9 Å². The van der Waals surface area contributed by atoms with E-state index in [-0.39, 0.29) is 17.9 Å². The van der Waals surface area contributed by atoms with Gasteiger partial charge in [-0.05, 0) is 37.8 Å². The average molecular weight is 469 g/mol. The monoisotopic (exact) mass is 468 g/mol. The van der Waals surface area contributed by atoms with E-state index >= 15 is 0 Å². The van der Waals surface area contributed by atoms with Gasteiger partial charge in [-0.25, -0.2) is 4.98 Å². The molecule has 2 fully saturated rings. The Morgan fingerprint density at radius 1 is 1.27 bits per heavy atom. The number of amides is 2. The smallest absolute Gasteiger partial charge is 0.274 e. The number of ether oxygens (including phenoxy) is 1. The van der Waals surface area contributed by atoms with Crippen LogP contribution in [0.4, 0.5) is 10.8 Å². The van der Waals surface area contributed by atoms with Crippen molar-refractivity contribution in [2.45, 2.75) is 37.8 Å². The third-order valence-electron chi connectivity index (χ3n) is 5.26. The minimum Gasteiger partial charge on any atom is -0.376 e. The second-order valence-corrected chi connectivity index (χ2v) is 8.94. The third-order valence-corrected chi connectivity index (χ3v) is 6.84. The summed E-state index contributed by atoms with van der Waals surface area (Å²) >= 11 is 13.5. The number of nitrogens with zero attached hydrogens (tertiary/aromatic N) is 2. The van der Waals surface area contributed by atoms with Crippen LogP contribution >= 0.6 is 34.5 Å². The standard InChI is InChI=1S/C20H22Cl2N4O3S/c21-13-5-1-6-14(17(13)22)24-20-25-15(11-30-20)19(28)26-8-2-7-16(26)18(27)23-10-12-4-3-9-29-12/h1,5-6,11-12,16H,2-4,7-10H2,(H,23,27)(H,24,25). The Bertz CT molecular complexity index is 933. The van der Waals surface area contributed by atoms with Crippen molar-refractivity contribution in [3.8, 4) is 0 Å². The summed E-state index contributed by atoms with van der Waals surface area (Å²) in [6.45, 7) is 1.77. The fourth-order valence-corrected chi connectivity index (χ4v) is 4.76. The summed E-state index contributed by atoms with van der Waals surface area (Å²) < 4.78 is 5.55. The van der Waals surface area contributed by atoms with Gasteiger partial charge in [0, 0.05) is 25.1 Å². The molecule has 2 aliphatic rings. The molecule has 2 N–H and O–H groups in total. The summed E-state index contributed by atoms with van der Waals surface area (Å²) in [5.74, 6) is -0.373. The lowest BCUT2D eigenvalue weighted by Crippen LogP contribution is -2.47. The van der Waals surface area contributed by atoms with Gasteiger partial charge in [-0.1, -0.05) is 29.3 Å². The summed E-state index contributed by atoms with van der Waals surface area (Å²) in [5.41, 5.74) is 0.921. The van der Waals surface area contributed by atoms with Crippen LogP contribution in [0.1, 0.15) is 36.2 Å². The Morgan fingerprint density at radius 3 is 2.93 bits per heavy atom. The highest BCUT2D eigenvalue weighted by Gasteiger charge is 2.35. The van der Waals surface area contributed by atoms with Gasteiger partial charge in [-0.3, -0.25) is 9.59 Å². The van der Waals surface area contributed by atoms with Crippen LogP contribution in [-0.4, -0.2) is 53.5 Å². The Labute approximate surface area is 188 Å². The second kappa shape index (κ2) is 9.51. The van der Waals surface area contributed by atoms with Crippen LogP contribution in [0.25, 0.3) is 0 Å². The van der Waals surface area contributed by atoms with Gasteiger partial charge in [-0.15, -0.1) is 11.3 Å². The molecule has 2 aliphatic heterocycles. The molecule has 2 unspecified atom stereocenters. The average Bonchev–Trinajstić information content (AvgIpc) is 3.51. The van der Waals surface area contributed by atoms with E-state index in [9.17, 15) is 9.59 Å². The van der Waals surface area contributed by atoms with Crippen molar-refractivity contribution < 1.29 is 14.3 Å². The van der Waals surface area contributed by atoms with Crippen molar-refractivity contribution in [1.29, 1.82) is 0 Å². The summed E-state index contributed by atoms with van der Waals surface area (Å²) in [7, 11) is 0. The van der Waals surface area contributed by atoms with Gasteiger partial charge >= 0.3 is 0 Å². The van der Waals surface area contributed by atoms with E-state index in [1.165, 1.54) is 11.3 Å². The Morgan fingerprint density at radius 2 is 2.13 bits per heavy atom. The molecule has 2 atom stereocenters. The molecule has 0 aliphatic carbocycles. The first-order valence-corrected chi connectivity index (χ1v) is 11.5. The van der Waals surface area contributed by atoms with Gasteiger partial charge in [-0.2, -0.15) is 0 Å². The molecule has 0 spiro atoms. The number of hydrogen-bond acceptors (Lipinski definition) is 6. The van der Waals surface area contributed by atoms with E-state index in [0.29, 0.717) is 46.1 Å². The lowest BCUT2D eigenvalue weighted by atomic mass is 10.2. The molecule has 0 bridgehead atoms. The minimum absolute atomic E-state index is 0.0741. The maximum absolute atomic E-state index is 13.0. The summed E-state index contributed by atoms with van der Waals surface area (Å²) in [6.07, 6.45) is 3.49. The molecule has 0 radical (unpaired) electrons. The van der Waals surface area contributed by atoms with Crippen molar-refractivity contribution in [3.63, 3.8) is 0 Å². The number of anilines is 2. The third kappa shape index (κ3) is 4.72. The van der Waals surface area contributed by atoms with Gasteiger partial charge in [0.15, 0.2) is 5.13 Å². The molecule has 2 saturated heterocycles. The highest BCUT2D eigenvalue weighted by Crippen LogP contribution is 2.33. The molecule has 0 saturated carbocycles. The number of thiazole rings is 1. The lowest BCUT2D eigenvalue weighted by molar-refractivity contribution is -0.125. The zero-order valence-electron chi connectivity index (χ0n) is 16.2. The highest BCUT2D eigenvalue weighted by atomic mass is 35.5. The molecule has 30 heavy (non-hydrogen) atoms. The molecule has 2 amide bonds. The van der Waals surface area contributed by atoms with Crippen molar-refractivity contribution in [3.05, 3.63) is 39.3 Å². The number of likely N-dealkylation sites (tertiary alicyclic amines) is 1. The van der Waals surface area contributed by atoms with Crippen LogP contribution in [0.2, 0.25) is 10.0 Å². The van der Waals surface area contributed by atoms with Gasteiger partial charge < -0.3 is 20.3 Å². The van der Waals surface area contributed by atoms with Crippen molar-refractivity contribution >= 4 is 57.2 Å². The lowest BCUT2D eigenvalue weighted by Gasteiger charge is -2.23. The molecule has 2 aromatic rings. The van der Waals surface area contributed by atoms with E-state index < -0.39 is 6.04 Å². The van der Waals surface area contributed by atoms with E-state index in [1.54, 1.807) is 28.5 Å². The first-order chi connectivity index (χ1) is 14.5. The quantitative estimate of drug-likeness (QED) is 0.666.